The summed E-state index contributed by atoms with van der Waals surface area (Å²) in [4.78, 5) is 9.96. The van der Waals surface area contributed by atoms with E-state index >= 15 is 0 Å². The van der Waals surface area contributed by atoms with Crippen LogP contribution in [0.15, 0.2) is 30.6 Å². The topological polar surface area (TPSA) is 107 Å². The van der Waals surface area contributed by atoms with Crippen molar-refractivity contribution in [1.29, 1.82) is 0 Å². The van der Waals surface area contributed by atoms with Gasteiger partial charge in [0.2, 0.25) is 0 Å². The van der Waals surface area contributed by atoms with Crippen LogP contribution in [0.4, 0.5) is 0 Å². The Morgan fingerprint density at radius 3 is 2.75 bits per heavy atom. The number of nitrogens with two attached hydrogens (primary N) is 1. The van der Waals surface area contributed by atoms with Crippen LogP contribution in [0.3, 0.4) is 0 Å². The molecule has 3 N–H and O–H groups in total. The van der Waals surface area contributed by atoms with Crippen molar-refractivity contribution in [3.8, 4) is 0 Å². The summed E-state index contributed by atoms with van der Waals surface area (Å²) in [5, 5.41) is 11.9. The summed E-state index contributed by atoms with van der Waals surface area (Å²) in [5.41, 5.74) is 5.47. The number of nitrogens with zero attached hydrogens (tertiary/aromatic N) is 6. The molecular formula is C12H14N8. The van der Waals surface area contributed by atoms with Crippen LogP contribution in [0.5, 0.6) is 0 Å². The molecule has 0 bridgehead atoms. The van der Waals surface area contributed by atoms with Gasteiger partial charge in [0, 0.05) is 18.8 Å². The molecule has 0 radical (unpaired) electrons. The largest absolute Gasteiger partial charge is 0.271 e. The lowest BCUT2D eigenvalue weighted by Gasteiger charge is -2.14. The minimum atomic E-state index is -0.106. The molecule has 0 aliphatic carbocycles. The fourth-order valence-electron chi connectivity index (χ4n) is 2.06. The number of hydrogen-bond acceptors (Lipinski definition) is 7. The highest BCUT2D eigenvalue weighted by Crippen LogP contribution is 2.19. The predicted octanol–water partition coefficient (Wildman–Crippen LogP) is -0.0996. The molecule has 0 saturated heterocycles. The molecule has 1 aromatic carbocycles. The molecule has 3 rings (SSSR count). The Hall–Kier alpha value is -2.45. The van der Waals surface area contributed by atoms with E-state index in [0.29, 0.717) is 12.2 Å². The summed E-state index contributed by atoms with van der Waals surface area (Å²) in [6.45, 7) is 0. The predicted molar refractivity (Wildman–Crippen MR) is 72.1 cm³/mol. The van der Waals surface area contributed by atoms with Gasteiger partial charge in [-0.2, -0.15) is 4.80 Å². The van der Waals surface area contributed by atoms with Crippen molar-refractivity contribution in [2.24, 2.45) is 12.9 Å². The van der Waals surface area contributed by atoms with Crippen LogP contribution in [0.25, 0.3) is 11.0 Å². The Bertz CT molecular complexity index is 722. The minimum absolute atomic E-state index is 0.106. The van der Waals surface area contributed by atoms with Crippen LogP contribution in [0.1, 0.15) is 17.4 Å². The molecule has 0 fully saturated rings. The quantitative estimate of drug-likeness (QED) is 0.503. The molecule has 1 unspecified atom stereocenters. The zero-order chi connectivity index (χ0) is 13.9. The smallest absolute Gasteiger partial charge is 0.176 e. The van der Waals surface area contributed by atoms with Gasteiger partial charge in [-0.15, -0.1) is 10.2 Å². The van der Waals surface area contributed by atoms with Crippen LogP contribution in [0.2, 0.25) is 0 Å². The first-order chi connectivity index (χ1) is 9.76. The van der Waals surface area contributed by atoms with Crippen molar-refractivity contribution in [3.63, 3.8) is 0 Å². The first-order valence-electron chi connectivity index (χ1n) is 6.16. The number of nitrogens with one attached hydrogen (secondary N) is 1. The van der Waals surface area contributed by atoms with Gasteiger partial charge in [0.05, 0.1) is 24.1 Å². The van der Waals surface area contributed by atoms with Gasteiger partial charge in [-0.05, 0) is 22.9 Å². The Labute approximate surface area is 115 Å². The molecular weight excluding hydrogens is 256 g/mol. The summed E-state index contributed by atoms with van der Waals surface area (Å²) >= 11 is 0. The molecule has 3 aromatic rings. The number of hydrogen-bond donors (Lipinski definition) is 2. The fourth-order valence-corrected chi connectivity index (χ4v) is 2.06. The lowest BCUT2D eigenvalue weighted by molar-refractivity contribution is 0.536. The minimum Gasteiger partial charge on any atom is -0.271 e. The maximum absolute atomic E-state index is 5.63. The summed E-state index contributed by atoms with van der Waals surface area (Å²) in [6.07, 6.45) is 3.89. The van der Waals surface area contributed by atoms with Gasteiger partial charge in [0.1, 0.15) is 0 Å². The number of aromatic nitrogens is 6. The molecule has 0 spiro atoms. The van der Waals surface area contributed by atoms with Crippen molar-refractivity contribution in [1.82, 2.24) is 35.6 Å². The number of rotatable bonds is 4. The highest BCUT2D eigenvalue weighted by molar-refractivity contribution is 5.74. The summed E-state index contributed by atoms with van der Waals surface area (Å²) in [6, 6.07) is 5.75. The van der Waals surface area contributed by atoms with E-state index in [0.717, 1.165) is 16.6 Å². The van der Waals surface area contributed by atoms with Crippen molar-refractivity contribution in [3.05, 3.63) is 42.0 Å². The van der Waals surface area contributed by atoms with Crippen LogP contribution in [-0.4, -0.2) is 30.2 Å². The SMILES string of the molecule is Cn1nnc(CC(NN)c2ccc3nccnc3c2)n1. The number of hydrazine groups is 1. The maximum atomic E-state index is 5.63. The van der Waals surface area contributed by atoms with Gasteiger partial charge in [-0.3, -0.25) is 21.2 Å². The number of tetrazole rings is 1. The molecule has 0 aliphatic heterocycles. The van der Waals surface area contributed by atoms with Gasteiger partial charge in [-0.25, -0.2) is 0 Å². The van der Waals surface area contributed by atoms with E-state index in [1.807, 2.05) is 18.2 Å². The van der Waals surface area contributed by atoms with Gasteiger partial charge in [0.15, 0.2) is 5.82 Å². The molecule has 8 nitrogen and oxygen atoms in total. The number of benzene rings is 1. The van der Waals surface area contributed by atoms with Crippen LogP contribution < -0.4 is 11.3 Å². The second-order valence-corrected chi connectivity index (χ2v) is 4.42. The molecule has 2 aromatic heterocycles. The summed E-state index contributed by atoms with van der Waals surface area (Å²) < 4.78 is 0. The third-order valence-corrected chi connectivity index (χ3v) is 3.03. The molecule has 102 valence electrons. The second-order valence-electron chi connectivity index (χ2n) is 4.42. The lowest BCUT2D eigenvalue weighted by atomic mass is 10.0. The Morgan fingerprint density at radius 2 is 2.05 bits per heavy atom. The van der Waals surface area contributed by atoms with Crippen molar-refractivity contribution in [2.45, 2.75) is 12.5 Å². The highest BCUT2D eigenvalue weighted by atomic mass is 15.6. The fraction of sp³-hybridized carbons (Fsp3) is 0.250. The van der Waals surface area contributed by atoms with Gasteiger partial charge in [0.25, 0.3) is 0 Å². The van der Waals surface area contributed by atoms with E-state index in [-0.39, 0.29) is 6.04 Å². The van der Waals surface area contributed by atoms with Crippen molar-refractivity contribution in [2.75, 3.05) is 0 Å². The van der Waals surface area contributed by atoms with Crippen LogP contribution in [-0.2, 0) is 13.5 Å². The maximum Gasteiger partial charge on any atom is 0.176 e. The van der Waals surface area contributed by atoms with E-state index in [2.05, 4.69) is 30.8 Å². The van der Waals surface area contributed by atoms with E-state index in [9.17, 15) is 0 Å². The summed E-state index contributed by atoms with van der Waals surface area (Å²) in [5.74, 6) is 6.27. The normalized spacial score (nSPS) is 12.7. The molecule has 0 aliphatic rings. The van der Waals surface area contributed by atoms with Crippen molar-refractivity contribution >= 4 is 11.0 Å². The number of aryl methyl sites for hydroxylation is 1. The lowest BCUT2D eigenvalue weighted by Crippen LogP contribution is -2.30. The monoisotopic (exact) mass is 270 g/mol. The Morgan fingerprint density at radius 1 is 1.25 bits per heavy atom. The van der Waals surface area contributed by atoms with Crippen LogP contribution in [0, 0.1) is 0 Å². The Kier molecular flexibility index (Phi) is 3.32. The molecule has 20 heavy (non-hydrogen) atoms. The number of fused-ring (bicyclic) bond motifs is 1. The average molecular weight is 270 g/mol. The van der Waals surface area contributed by atoms with Gasteiger partial charge >= 0.3 is 0 Å². The average Bonchev–Trinajstić information content (AvgIpc) is 2.89. The van der Waals surface area contributed by atoms with E-state index in [1.165, 1.54) is 4.80 Å². The Balaban J connectivity index is 1.90. The van der Waals surface area contributed by atoms with Crippen LogP contribution >= 0.6 is 0 Å². The second kappa shape index (κ2) is 5.27. The molecule has 1 atom stereocenters. The zero-order valence-electron chi connectivity index (χ0n) is 10.9. The molecule has 8 heteroatoms. The first kappa shape index (κ1) is 12.6. The van der Waals surface area contributed by atoms with E-state index < -0.39 is 0 Å². The van der Waals surface area contributed by atoms with Gasteiger partial charge < -0.3 is 0 Å². The third-order valence-electron chi connectivity index (χ3n) is 3.03. The van der Waals surface area contributed by atoms with E-state index in [4.69, 9.17) is 5.84 Å². The molecule has 2 heterocycles. The highest BCUT2D eigenvalue weighted by Gasteiger charge is 2.14. The van der Waals surface area contributed by atoms with Gasteiger partial charge in [-0.1, -0.05) is 6.07 Å². The standard InChI is InChI=1S/C12H14N8/c1-20-18-12(17-19-20)7-10(16-13)8-2-3-9-11(6-8)15-5-4-14-9/h2-6,10,16H,7,13H2,1H3. The van der Waals surface area contributed by atoms with Crippen molar-refractivity contribution < 1.29 is 0 Å². The third kappa shape index (κ3) is 2.46. The summed E-state index contributed by atoms with van der Waals surface area (Å²) in [7, 11) is 1.73. The molecule has 0 amide bonds. The first-order valence-corrected chi connectivity index (χ1v) is 6.16. The zero-order valence-corrected chi connectivity index (χ0v) is 10.9. The van der Waals surface area contributed by atoms with E-state index in [1.54, 1.807) is 19.4 Å². The molecule has 0 saturated carbocycles.